The van der Waals surface area contributed by atoms with E-state index in [1.807, 2.05) is 26.0 Å². The first-order valence-corrected chi connectivity index (χ1v) is 11.1. The molecule has 0 spiro atoms. The fourth-order valence-corrected chi connectivity index (χ4v) is 3.32. The van der Waals surface area contributed by atoms with Crippen molar-refractivity contribution in [2.45, 2.75) is 39.7 Å². The van der Waals surface area contributed by atoms with Gasteiger partial charge in [0.05, 0.1) is 6.54 Å². The number of rotatable bonds is 9. The molecule has 178 valence electrons. The van der Waals surface area contributed by atoms with Crippen LogP contribution >= 0.6 is 0 Å². The lowest BCUT2D eigenvalue weighted by Gasteiger charge is -2.08. The maximum absolute atomic E-state index is 12.9. The van der Waals surface area contributed by atoms with Crippen LogP contribution < -0.4 is 10.9 Å². The Morgan fingerprint density at radius 3 is 2.76 bits per heavy atom. The van der Waals surface area contributed by atoms with Crippen molar-refractivity contribution in [1.82, 2.24) is 24.4 Å². The standard InChI is InChI=1S/C25H30N6O3/c1-17(2)15-18-12-13-26-24-23(18)28-20(29-24)16-31-14-8-9-19(25(31)34)27-21(32)10-6-5-7-11-22(33)30(3)4/h7-9,11-15H,5-6,10,16H2,1-4H3,(H,27,32)(H,26,28,29)/b11-7+. The van der Waals surface area contributed by atoms with Gasteiger partial charge in [0.1, 0.15) is 17.0 Å². The van der Waals surface area contributed by atoms with Crippen LogP contribution in [-0.4, -0.2) is 50.3 Å². The Balaban J connectivity index is 1.65. The molecule has 2 N–H and O–H groups in total. The lowest BCUT2D eigenvalue weighted by atomic mass is 10.2. The minimum atomic E-state index is -0.315. The molecule has 9 nitrogen and oxygen atoms in total. The average Bonchev–Trinajstić information content (AvgIpc) is 3.19. The number of likely N-dealkylation sites (N-methyl/N-ethyl adjacent to an activating group) is 1. The number of nitrogens with one attached hydrogen (secondary N) is 2. The van der Waals surface area contributed by atoms with Gasteiger partial charge < -0.3 is 19.8 Å². The molecule has 3 aromatic rings. The van der Waals surface area contributed by atoms with E-state index in [2.05, 4.69) is 20.3 Å². The SMILES string of the molecule is CC(C)=Cc1ccnc2[nH]c(Cn3cccc(NC(=O)CCC/C=C/C(=O)N(C)C)c3=O)nc12. The number of pyridine rings is 2. The quantitative estimate of drug-likeness (QED) is 0.374. The monoisotopic (exact) mass is 462 g/mol. The summed E-state index contributed by atoms with van der Waals surface area (Å²) in [5.41, 5.74) is 3.41. The summed E-state index contributed by atoms with van der Waals surface area (Å²) in [6.07, 6.45) is 10.1. The Morgan fingerprint density at radius 1 is 1.24 bits per heavy atom. The maximum Gasteiger partial charge on any atom is 0.274 e. The third-order valence-electron chi connectivity index (χ3n) is 5.00. The number of imidazole rings is 1. The summed E-state index contributed by atoms with van der Waals surface area (Å²) in [5, 5.41) is 2.69. The second-order valence-electron chi connectivity index (χ2n) is 8.43. The number of carbonyl (C=O) groups is 2. The largest absolute Gasteiger partial charge is 0.345 e. The fraction of sp³-hybridized carbons (Fsp3) is 0.320. The van der Waals surface area contributed by atoms with Crippen molar-refractivity contribution in [3.63, 3.8) is 0 Å². The van der Waals surface area contributed by atoms with Crippen molar-refractivity contribution in [2.24, 2.45) is 0 Å². The number of amides is 2. The first-order chi connectivity index (χ1) is 16.2. The molecule has 0 atom stereocenters. The minimum absolute atomic E-state index is 0.0947. The van der Waals surface area contributed by atoms with Crippen LogP contribution in [0.4, 0.5) is 5.69 Å². The number of H-pyrrole nitrogens is 1. The predicted octanol–water partition coefficient (Wildman–Crippen LogP) is 3.34. The third-order valence-corrected chi connectivity index (χ3v) is 5.00. The number of hydrogen-bond donors (Lipinski definition) is 2. The molecule has 0 aliphatic carbocycles. The molecule has 0 bridgehead atoms. The second-order valence-corrected chi connectivity index (χ2v) is 8.43. The van der Waals surface area contributed by atoms with Gasteiger partial charge in [-0.3, -0.25) is 14.4 Å². The summed E-state index contributed by atoms with van der Waals surface area (Å²) >= 11 is 0. The van der Waals surface area contributed by atoms with Crippen LogP contribution in [0.2, 0.25) is 0 Å². The average molecular weight is 463 g/mol. The van der Waals surface area contributed by atoms with Gasteiger partial charge in [-0.2, -0.15) is 0 Å². The molecular weight excluding hydrogens is 432 g/mol. The van der Waals surface area contributed by atoms with E-state index >= 15 is 0 Å². The van der Waals surface area contributed by atoms with Crippen LogP contribution in [-0.2, 0) is 16.1 Å². The van der Waals surface area contributed by atoms with Crippen LogP contribution in [0.5, 0.6) is 0 Å². The molecule has 3 heterocycles. The van der Waals surface area contributed by atoms with Gasteiger partial charge >= 0.3 is 0 Å². The molecule has 0 fully saturated rings. The second kappa shape index (κ2) is 11.2. The summed E-state index contributed by atoms with van der Waals surface area (Å²) in [6, 6.07) is 5.19. The van der Waals surface area contributed by atoms with E-state index in [1.165, 1.54) is 15.5 Å². The zero-order valence-corrected chi connectivity index (χ0v) is 20.0. The summed E-state index contributed by atoms with van der Waals surface area (Å²) in [5.74, 6) is 0.255. The van der Waals surface area contributed by atoms with E-state index in [1.54, 1.807) is 44.7 Å². The van der Waals surface area contributed by atoms with Crippen molar-refractivity contribution in [3.05, 3.63) is 70.1 Å². The molecular formula is C25H30N6O3. The molecule has 2 amide bonds. The Labute approximate surface area is 198 Å². The Bertz CT molecular complexity index is 1300. The molecule has 34 heavy (non-hydrogen) atoms. The lowest BCUT2D eigenvalue weighted by molar-refractivity contribution is -0.123. The van der Waals surface area contributed by atoms with Crippen LogP contribution in [0, 0.1) is 0 Å². The number of nitrogens with zero attached hydrogens (tertiary/aromatic N) is 4. The lowest BCUT2D eigenvalue weighted by Crippen LogP contribution is -2.26. The highest BCUT2D eigenvalue weighted by molar-refractivity contribution is 5.90. The van der Waals surface area contributed by atoms with Crippen LogP contribution in [0.25, 0.3) is 17.2 Å². The molecule has 3 rings (SSSR count). The Morgan fingerprint density at radius 2 is 2.03 bits per heavy atom. The number of anilines is 1. The summed E-state index contributed by atoms with van der Waals surface area (Å²) < 4.78 is 1.49. The molecule has 0 unspecified atom stereocenters. The van der Waals surface area contributed by atoms with Gasteiger partial charge in [0.25, 0.3) is 5.56 Å². The van der Waals surface area contributed by atoms with Gasteiger partial charge in [-0.05, 0) is 51.0 Å². The van der Waals surface area contributed by atoms with E-state index < -0.39 is 0 Å². The predicted molar refractivity (Wildman–Crippen MR) is 133 cm³/mol. The van der Waals surface area contributed by atoms with Gasteiger partial charge in [-0.1, -0.05) is 17.7 Å². The number of hydrogen-bond acceptors (Lipinski definition) is 5. The number of aromatic amines is 1. The normalized spacial score (nSPS) is 11.1. The number of unbranched alkanes of at least 4 members (excludes halogenated alkanes) is 1. The molecule has 0 aliphatic rings. The van der Waals surface area contributed by atoms with Crippen molar-refractivity contribution in [1.29, 1.82) is 0 Å². The van der Waals surface area contributed by atoms with Crippen LogP contribution in [0.3, 0.4) is 0 Å². The molecule has 0 saturated carbocycles. The fourth-order valence-electron chi connectivity index (χ4n) is 3.32. The van der Waals surface area contributed by atoms with E-state index in [4.69, 9.17) is 0 Å². The van der Waals surface area contributed by atoms with Gasteiger partial charge in [-0.15, -0.1) is 0 Å². The Hall–Kier alpha value is -4.01. The highest BCUT2D eigenvalue weighted by Gasteiger charge is 2.11. The first-order valence-electron chi connectivity index (χ1n) is 11.1. The van der Waals surface area contributed by atoms with Gasteiger partial charge in [-0.25, -0.2) is 9.97 Å². The zero-order chi connectivity index (χ0) is 24.7. The van der Waals surface area contributed by atoms with Gasteiger partial charge in [0.2, 0.25) is 11.8 Å². The highest BCUT2D eigenvalue weighted by Crippen LogP contribution is 2.17. The van der Waals surface area contributed by atoms with Gasteiger partial charge in [0.15, 0.2) is 5.65 Å². The molecule has 0 aromatic carbocycles. The van der Waals surface area contributed by atoms with Crippen molar-refractivity contribution in [2.75, 3.05) is 19.4 Å². The van der Waals surface area contributed by atoms with Crippen LogP contribution in [0.1, 0.15) is 44.5 Å². The molecule has 0 saturated heterocycles. The topological polar surface area (TPSA) is 113 Å². The maximum atomic E-state index is 12.9. The van der Waals surface area contributed by atoms with Crippen molar-refractivity contribution >= 4 is 34.7 Å². The summed E-state index contributed by atoms with van der Waals surface area (Å²) in [6.45, 7) is 4.25. The third kappa shape index (κ3) is 6.50. The van der Waals surface area contributed by atoms with E-state index in [0.717, 1.165) is 16.7 Å². The molecule has 0 aliphatic heterocycles. The van der Waals surface area contributed by atoms with E-state index in [9.17, 15) is 14.4 Å². The first kappa shape index (κ1) is 24.6. The van der Waals surface area contributed by atoms with Crippen molar-refractivity contribution in [3.8, 4) is 0 Å². The zero-order valence-electron chi connectivity index (χ0n) is 20.0. The summed E-state index contributed by atoms with van der Waals surface area (Å²) in [4.78, 5) is 50.3. The van der Waals surface area contributed by atoms with Gasteiger partial charge in [0, 0.05) is 38.5 Å². The number of aromatic nitrogens is 4. The van der Waals surface area contributed by atoms with Crippen molar-refractivity contribution < 1.29 is 9.59 Å². The molecule has 9 heteroatoms. The Kier molecular flexibility index (Phi) is 8.13. The van der Waals surface area contributed by atoms with Crippen LogP contribution in [0.15, 0.2) is 53.1 Å². The highest BCUT2D eigenvalue weighted by atomic mass is 16.2. The molecule has 0 radical (unpaired) electrons. The van der Waals surface area contributed by atoms with E-state index in [0.29, 0.717) is 24.3 Å². The smallest absolute Gasteiger partial charge is 0.274 e. The number of allylic oxidation sites excluding steroid dienone is 2. The number of carbonyl (C=O) groups excluding carboxylic acids is 2. The minimum Gasteiger partial charge on any atom is -0.345 e. The summed E-state index contributed by atoms with van der Waals surface area (Å²) in [7, 11) is 3.36. The molecule has 3 aromatic heterocycles. The van der Waals surface area contributed by atoms with E-state index in [-0.39, 0.29) is 36.0 Å². The number of fused-ring (bicyclic) bond motifs is 1.